The van der Waals surface area contributed by atoms with Gasteiger partial charge in [0.2, 0.25) is 5.91 Å². The molecule has 4 aromatic rings. The van der Waals surface area contributed by atoms with E-state index in [-0.39, 0.29) is 5.91 Å². The Kier molecular flexibility index (Phi) is 6.12. The molecule has 1 aliphatic rings. The third-order valence-electron chi connectivity index (χ3n) is 5.33. The maximum Gasteiger partial charge on any atom is 0.230 e. The zero-order chi connectivity index (χ0) is 22.1. The topological polar surface area (TPSA) is 63.9 Å². The van der Waals surface area contributed by atoms with Crippen molar-refractivity contribution in [3.05, 3.63) is 58.4 Å². The normalized spacial score (nSPS) is 13.4. The van der Waals surface area contributed by atoms with E-state index in [1.165, 1.54) is 24.2 Å². The molecule has 1 saturated carbocycles. The highest BCUT2D eigenvalue weighted by molar-refractivity contribution is 7.98. The summed E-state index contributed by atoms with van der Waals surface area (Å²) >= 11 is 4.85. The number of amides is 1. The molecule has 0 unspecified atom stereocenters. The van der Waals surface area contributed by atoms with Gasteiger partial charge in [-0.1, -0.05) is 43.0 Å². The van der Waals surface area contributed by atoms with Gasteiger partial charge in [0.25, 0.3) is 0 Å². The van der Waals surface area contributed by atoms with Gasteiger partial charge in [-0.25, -0.2) is 4.98 Å². The zero-order valence-electron chi connectivity index (χ0n) is 17.9. The summed E-state index contributed by atoms with van der Waals surface area (Å²) < 4.78 is 2.28. The molecule has 1 amide bonds. The molecule has 1 aliphatic carbocycles. The van der Waals surface area contributed by atoms with Crippen molar-refractivity contribution in [2.75, 3.05) is 4.90 Å². The van der Waals surface area contributed by atoms with Gasteiger partial charge in [-0.2, -0.15) is 0 Å². The Bertz CT molecular complexity index is 1230. The molecule has 32 heavy (non-hydrogen) atoms. The fraction of sp³-hybridized carbons (Fsp3) is 0.304. The Morgan fingerprint density at radius 1 is 1.19 bits per heavy atom. The first-order chi connectivity index (χ1) is 15.7. The van der Waals surface area contributed by atoms with E-state index in [0.29, 0.717) is 16.9 Å². The van der Waals surface area contributed by atoms with Crippen LogP contribution >= 0.6 is 34.4 Å². The Morgan fingerprint density at radius 2 is 2.03 bits per heavy atom. The molecule has 0 radical (unpaired) electrons. The molecule has 0 atom stereocenters. The molecule has 0 aliphatic heterocycles. The Labute approximate surface area is 199 Å². The monoisotopic (exact) mass is 481 g/mol. The van der Waals surface area contributed by atoms with Crippen molar-refractivity contribution < 1.29 is 4.79 Å². The third kappa shape index (κ3) is 4.24. The molecule has 1 fully saturated rings. The van der Waals surface area contributed by atoms with Gasteiger partial charge in [0.05, 0.1) is 16.3 Å². The average Bonchev–Trinajstić information content (AvgIpc) is 3.19. The minimum absolute atomic E-state index is 0.0338. The van der Waals surface area contributed by atoms with E-state index >= 15 is 0 Å². The highest BCUT2D eigenvalue weighted by Gasteiger charge is 2.30. The number of aromatic nitrogens is 4. The quantitative estimate of drug-likeness (QED) is 0.275. The molecular formula is C23H23N5OS3. The number of thiazole rings is 1. The van der Waals surface area contributed by atoms with Crippen LogP contribution < -0.4 is 4.90 Å². The molecule has 6 nitrogen and oxygen atoms in total. The third-order valence-corrected chi connectivity index (χ3v) is 8.04. The summed E-state index contributed by atoms with van der Waals surface area (Å²) in [4.78, 5) is 20.2. The van der Waals surface area contributed by atoms with Crippen LogP contribution in [-0.4, -0.2) is 25.7 Å². The van der Waals surface area contributed by atoms with Crippen molar-refractivity contribution in [2.24, 2.45) is 0 Å². The molecule has 0 spiro atoms. The lowest BCUT2D eigenvalue weighted by Crippen LogP contribution is -2.23. The van der Waals surface area contributed by atoms with Gasteiger partial charge in [0.1, 0.15) is 0 Å². The van der Waals surface area contributed by atoms with Gasteiger partial charge < -0.3 is 0 Å². The first kappa shape index (κ1) is 21.4. The van der Waals surface area contributed by atoms with Gasteiger partial charge in [-0.15, -0.1) is 32.9 Å². The van der Waals surface area contributed by atoms with Crippen molar-refractivity contribution in [1.82, 2.24) is 19.7 Å². The van der Waals surface area contributed by atoms with E-state index in [1.807, 2.05) is 29.6 Å². The standard InChI is InChI=1S/C23H23N5OS3/c1-3-16-7-4-5-8-19(16)27(15(2)29)22-24-17(13-31-22)14-32-23-26-25-21(20-9-6-12-30-20)28(23)18-10-11-18/h4-9,12-13,18H,3,10-11,14H2,1-2H3. The predicted molar refractivity (Wildman–Crippen MR) is 132 cm³/mol. The first-order valence-electron chi connectivity index (χ1n) is 10.6. The Morgan fingerprint density at radius 3 is 2.75 bits per heavy atom. The second-order valence-corrected chi connectivity index (χ2v) is 10.4. The Balaban J connectivity index is 1.36. The van der Waals surface area contributed by atoms with E-state index in [2.05, 4.69) is 39.2 Å². The van der Waals surface area contributed by atoms with Gasteiger partial charge in [0, 0.05) is 24.1 Å². The molecule has 3 heterocycles. The lowest BCUT2D eigenvalue weighted by molar-refractivity contribution is -0.115. The fourth-order valence-electron chi connectivity index (χ4n) is 3.65. The molecule has 3 aromatic heterocycles. The molecule has 0 N–H and O–H groups in total. The van der Waals surface area contributed by atoms with Crippen LogP contribution in [0.25, 0.3) is 10.7 Å². The van der Waals surface area contributed by atoms with Crippen molar-refractivity contribution >= 4 is 51.2 Å². The molecule has 164 valence electrons. The number of hydrogen-bond donors (Lipinski definition) is 0. The van der Waals surface area contributed by atoms with Crippen molar-refractivity contribution in [3.63, 3.8) is 0 Å². The lowest BCUT2D eigenvalue weighted by Gasteiger charge is -2.20. The number of anilines is 2. The number of aryl methyl sites for hydroxylation is 1. The van der Waals surface area contributed by atoms with Crippen LogP contribution in [0.1, 0.15) is 44.0 Å². The zero-order valence-corrected chi connectivity index (χ0v) is 20.3. The maximum atomic E-state index is 12.5. The molecule has 9 heteroatoms. The van der Waals surface area contributed by atoms with Gasteiger partial charge in [0.15, 0.2) is 16.1 Å². The minimum atomic E-state index is -0.0338. The predicted octanol–water partition coefficient (Wildman–Crippen LogP) is 6.34. The number of benzene rings is 1. The summed E-state index contributed by atoms with van der Waals surface area (Å²) in [5, 5.41) is 14.7. The molecule has 0 bridgehead atoms. The number of thioether (sulfide) groups is 1. The summed E-state index contributed by atoms with van der Waals surface area (Å²) in [6, 6.07) is 12.7. The summed E-state index contributed by atoms with van der Waals surface area (Å²) in [5.41, 5.74) is 2.98. The van der Waals surface area contributed by atoms with Crippen LogP contribution in [-0.2, 0) is 17.0 Å². The van der Waals surface area contributed by atoms with Crippen molar-refractivity contribution in [3.8, 4) is 10.7 Å². The van der Waals surface area contributed by atoms with Gasteiger partial charge in [-0.3, -0.25) is 14.3 Å². The van der Waals surface area contributed by atoms with Crippen LogP contribution in [0, 0.1) is 0 Å². The maximum absolute atomic E-state index is 12.5. The summed E-state index contributed by atoms with van der Waals surface area (Å²) in [6.45, 7) is 3.69. The number of carbonyl (C=O) groups excluding carboxylic acids is 1. The average molecular weight is 482 g/mol. The van der Waals surface area contributed by atoms with Gasteiger partial charge >= 0.3 is 0 Å². The second kappa shape index (κ2) is 9.17. The van der Waals surface area contributed by atoms with Crippen LogP contribution in [0.5, 0.6) is 0 Å². The van der Waals surface area contributed by atoms with Crippen LogP contribution in [0.2, 0.25) is 0 Å². The largest absolute Gasteiger partial charge is 0.298 e. The van der Waals surface area contributed by atoms with Gasteiger partial charge in [-0.05, 0) is 42.3 Å². The molecule has 5 rings (SSSR count). The lowest BCUT2D eigenvalue weighted by atomic mass is 10.1. The van der Waals surface area contributed by atoms with E-state index in [4.69, 9.17) is 4.98 Å². The van der Waals surface area contributed by atoms with Crippen molar-refractivity contribution in [2.45, 2.75) is 50.1 Å². The summed E-state index contributed by atoms with van der Waals surface area (Å²) in [5.74, 6) is 1.61. The highest BCUT2D eigenvalue weighted by atomic mass is 32.2. The number of thiophene rings is 1. The number of nitrogens with zero attached hydrogens (tertiary/aromatic N) is 5. The van der Waals surface area contributed by atoms with E-state index < -0.39 is 0 Å². The smallest absolute Gasteiger partial charge is 0.230 e. The van der Waals surface area contributed by atoms with Crippen LogP contribution in [0.15, 0.2) is 52.3 Å². The number of hydrogen-bond acceptors (Lipinski definition) is 7. The van der Waals surface area contributed by atoms with E-state index in [9.17, 15) is 4.79 Å². The second-order valence-electron chi connectivity index (χ2n) is 7.63. The first-order valence-corrected chi connectivity index (χ1v) is 13.3. The molecular weight excluding hydrogens is 458 g/mol. The van der Waals surface area contributed by atoms with E-state index in [1.54, 1.807) is 34.9 Å². The summed E-state index contributed by atoms with van der Waals surface area (Å²) in [7, 11) is 0. The van der Waals surface area contributed by atoms with E-state index in [0.717, 1.165) is 39.2 Å². The fourth-order valence-corrected chi connectivity index (χ4v) is 6.24. The molecule has 1 aromatic carbocycles. The highest BCUT2D eigenvalue weighted by Crippen LogP contribution is 2.42. The Hall–Kier alpha value is -2.49. The van der Waals surface area contributed by atoms with Crippen LogP contribution in [0.4, 0.5) is 10.8 Å². The van der Waals surface area contributed by atoms with Crippen molar-refractivity contribution in [1.29, 1.82) is 0 Å². The SMILES string of the molecule is CCc1ccccc1N(C(C)=O)c1nc(CSc2nnc(-c3cccs3)n2C2CC2)cs1. The summed E-state index contributed by atoms with van der Waals surface area (Å²) in [6.07, 6.45) is 3.21. The number of carbonyl (C=O) groups is 1. The number of para-hydroxylation sites is 1. The van der Waals surface area contributed by atoms with Crippen LogP contribution in [0.3, 0.4) is 0 Å². The number of rotatable bonds is 8. The molecule has 0 saturated heterocycles. The minimum Gasteiger partial charge on any atom is -0.298 e.